The first-order valence-corrected chi connectivity index (χ1v) is 14.9. The van der Waals surface area contributed by atoms with Crippen LogP contribution >= 0.6 is 23.2 Å². The largest absolute Gasteiger partial charge is 0.507 e. The van der Waals surface area contributed by atoms with Crippen LogP contribution in [0.1, 0.15) is 29.9 Å². The molecule has 6 unspecified atom stereocenters. The Labute approximate surface area is 271 Å². The predicted molar refractivity (Wildman–Crippen MR) is 165 cm³/mol. The Morgan fingerprint density at radius 2 is 1.59 bits per heavy atom. The highest BCUT2D eigenvalue weighted by Gasteiger charge is 2.76. The number of hydrogen-bond acceptors (Lipinski definition) is 10. The van der Waals surface area contributed by atoms with Gasteiger partial charge in [0.1, 0.15) is 5.75 Å². The fourth-order valence-electron chi connectivity index (χ4n) is 7.71. The van der Waals surface area contributed by atoms with Gasteiger partial charge in [-0.25, -0.2) is 4.90 Å². The number of para-hydroxylation sites is 1. The number of anilines is 2. The van der Waals surface area contributed by atoms with Crippen molar-refractivity contribution in [2.45, 2.75) is 35.4 Å². The normalized spacial score (nSPS) is 30.2. The summed E-state index contributed by atoms with van der Waals surface area (Å²) in [4.78, 5) is 76.4. The molecule has 2 aromatic rings. The van der Waals surface area contributed by atoms with Crippen LogP contribution in [-0.2, 0) is 19.2 Å². The molecular formula is C30H27Cl2N5O9. The molecule has 4 aliphatic rings. The number of fused-ring (bicyclic) bond motifs is 4. The summed E-state index contributed by atoms with van der Waals surface area (Å²) in [6, 6.07) is 6.73. The van der Waals surface area contributed by atoms with Crippen LogP contribution in [0.2, 0.25) is 0 Å². The van der Waals surface area contributed by atoms with Gasteiger partial charge in [-0.2, -0.15) is 0 Å². The van der Waals surface area contributed by atoms with Gasteiger partial charge in [0, 0.05) is 44.8 Å². The Kier molecular flexibility index (Phi) is 6.98. The van der Waals surface area contributed by atoms with Crippen molar-refractivity contribution in [2.75, 3.05) is 30.9 Å². The number of aryl methyl sites for hydroxylation is 1. The van der Waals surface area contributed by atoms with Crippen molar-refractivity contribution in [1.29, 1.82) is 0 Å². The minimum absolute atomic E-state index is 0.0130. The number of nitro groups is 2. The number of halogens is 2. The maximum absolute atomic E-state index is 14.3. The number of aromatic hydroxyl groups is 1. The number of rotatable bonds is 5. The Morgan fingerprint density at radius 1 is 0.978 bits per heavy atom. The lowest BCUT2D eigenvalue weighted by Gasteiger charge is -2.50. The number of amides is 4. The molecular weight excluding hydrogens is 645 g/mol. The summed E-state index contributed by atoms with van der Waals surface area (Å²) in [6.07, 6.45) is 1.35. The van der Waals surface area contributed by atoms with Gasteiger partial charge in [-0.1, -0.05) is 29.8 Å². The Balaban J connectivity index is 1.52. The molecule has 16 heteroatoms. The second kappa shape index (κ2) is 10.2. The Morgan fingerprint density at radius 3 is 2.15 bits per heavy atom. The molecule has 2 heterocycles. The first-order valence-electron chi connectivity index (χ1n) is 14.2. The summed E-state index contributed by atoms with van der Waals surface area (Å²) in [6.45, 7) is 1.64. The summed E-state index contributed by atoms with van der Waals surface area (Å²) < 4.78 is 0. The topological polar surface area (TPSA) is 185 Å². The number of allylic oxidation sites excluding steroid dienone is 2. The highest BCUT2D eigenvalue weighted by molar-refractivity contribution is 6.53. The molecule has 2 aliphatic carbocycles. The SMILES string of the molecule is Cc1cccc(C2C3=CCC4C(=O)N(c5cc([N+](=O)[O-])c(N(C)C)c([N+](=O)[O-])c5)C(=O)C4C3CC3(Cl)C(=O)N(C)C(=O)C23Cl)c1O. The molecule has 1 N–H and O–H groups in total. The number of hydrogen-bond donors (Lipinski definition) is 1. The summed E-state index contributed by atoms with van der Waals surface area (Å²) >= 11 is 14.3. The molecule has 3 fully saturated rings. The van der Waals surface area contributed by atoms with Gasteiger partial charge in [-0.15, -0.1) is 23.2 Å². The Bertz CT molecular complexity index is 1810. The molecule has 6 rings (SSSR count). The first kappa shape index (κ1) is 31.4. The predicted octanol–water partition coefficient (Wildman–Crippen LogP) is 3.78. The van der Waals surface area contributed by atoms with E-state index in [1.807, 2.05) is 0 Å². The van der Waals surface area contributed by atoms with E-state index in [0.717, 1.165) is 17.0 Å². The van der Waals surface area contributed by atoms with E-state index >= 15 is 0 Å². The number of phenolic OH excluding ortho intramolecular Hbond substituents is 1. The number of carbonyl (C=O) groups excluding carboxylic acids is 4. The number of imide groups is 2. The molecule has 2 aromatic carbocycles. The lowest BCUT2D eigenvalue weighted by Crippen LogP contribution is -2.60. The summed E-state index contributed by atoms with van der Waals surface area (Å²) in [5.74, 6) is -7.56. The molecule has 0 spiro atoms. The summed E-state index contributed by atoms with van der Waals surface area (Å²) in [5.41, 5.74) is -0.914. The third kappa shape index (κ3) is 3.89. The number of nitro benzene ring substituents is 2. The number of carbonyl (C=O) groups is 4. The van der Waals surface area contributed by atoms with Crippen molar-refractivity contribution in [3.63, 3.8) is 0 Å². The minimum Gasteiger partial charge on any atom is -0.507 e. The molecule has 14 nitrogen and oxygen atoms in total. The number of likely N-dealkylation sites (tertiary alicyclic amines) is 1. The van der Waals surface area contributed by atoms with Gasteiger partial charge >= 0.3 is 11.4 Å². The van der Waals surface area contributed by atoms with Crippen molar-refractivity contribution in [3.05, 3.63) is 73.3 Å². The molecule has 1 saturated carbocycles. The average Bonchev–Trinajstić information content (AvgIpc) is 3.32. The quantitative estimate of drug-likeness (QED) is 0.161. The molecule has 2 saturated heterocycles. The van der Waals surface area contributed by atoms with Crippen LogP contribution < -0.4 is 9.80 Å². The van der Waals surface area contributed by atoms with E-state index in [2.05, 4.69) is 0 Å². The molecule has 0 bridgehead atoms. The average molecular weight is 672 g/mol. The number of benzene rings is 2. The highest BCUT2D eigenvalue weighted by atomic mass is 35.5. The second-order valence-electron chi connectivity index (χ2n) is 12.3. The second-order valence-corrected chi connectivity index (χ2v) is 13.5. The van der Waals surface area contributed by atoms with Crippen LogP contribution in [0.4, 0.5) is 22.7 Å². The number of phenols is 1. The molecule has 2 aliphatic heterocycles. The van der Waals surface area contributed by atoms with Crippen LogP contribution in [0.25, 0.3) is 0 Å². The van der Waals surface area contributed by atoms with Gasteiger partial charge in [-0.3, -0.25) is 44.3 Å². The lowest BCUT2D eigenvalue weighted by atomic mass is 9.56. The van der Waals surface area contributed by atoms with Crippen LogP contribution in [0, 0.1) is 44.9 Å². The third-order valence-electron chi connectivity index (χ3n) is 9.75. The minimum atomic E-state index is -2.09. The number of nitrogens with zero attached hydrogens (tertiary/aromatic N) is 5. The Hall–Kier alpha value is -4.56. The summed E-state index contributed by atoms with van der Waals surface area (Å²) in [5, 5.41) is 35.2. The lowest BCUT2D eigenvalue weighted by molar-refractivity contribution is -0.392. The van der Waals surface area contributed by atoms with E-state index in [9.17, 15) is 44.5 Å². The highest BCUT2D eigenvalue weighted by Crippen LogP contribution is 2.66. The fraction of sp³-hybridized carbons (Fsp3) is 0.400. The van der Waals surface area contributed by atoms with Crippen molar-refractivity contribution in [2.24, 2.45) is 17.8 Å². The maximum Gasteiger partial charge on any atom is 0.301 e. The molecule has 0 aromatic heterocycles. The smallest absolute Gasteiger partial charge is 0.301 e. The molecule has 46 heavy (non-hydrogen) atoms. The van der Waals surface area contributed by atoms with Gasteiger partial charge in [0.15, 0.2) is 15.4 Å². The van der Waals surface area contributed by atoms with E-state index in [1.165, 1.54) is 26.0 Å². The van der Waals surface area contributed by atoms with E-state index in [-0.39, 0.29) is 35.5 Å². The van der Waals surface area contributed by atoms with E-state index in [0.29, 0.717) is 16.0 Å². The van der Waals surface area contributed by atoms with E-state index in [1.54, 1.807) is 31.2 Å². The molecule has 6 atom stereocenters. The standard InChI is InChI=1S/C30H27Cl2N5O9/c1-13-6-5-7-17(24(13)38)22-15-8-9-16-21(18(15)12-29(31)27(41)34(4)28(42)30(22,29)32)26(40)35(25(16)39)14-10-19(36(43)44)23(33(2)3)20(11-14)37(45)46/h5-8,10-11,16,18,21-22,38H,9,12H2,1-4H3. The van der Waals surface area contributed by atoms with Gasteiger partial charge in [-0.05, 0) is 31.2 Å². The first-order chi connectivity index (χ1) is 21.5. The van der Waals surface area contributed by atoms with Gasteiger partial charge < -0.3 is 10.0 Å². The van der Waals surface area contributed by atoms with Crippen molar-refractivity contribution < 1.29 is 34.1 Å². The van der Waals surface area contributed by atoms with Gasteiger partial charge in [0.05, 0.1) is 27.4 Å². The molecule has 4 amide bonds. The maximum atomic E-state index is 14.3. The monoisotopic (exact) mass is 671 g/mol. The third-order valence-corrected chi connectivity index (χ3v) is 11.2. The van der Waals surface area contributed by atoms with E-state index < -0.39 is 78.3 Å². The van der Waals surface area contributed by atoms with Crippen molar-refractivity contribution >= 4 is 69.6 Å². The zero-order chi connectivity index (χ0) is 33.8. The molecule has 0 radical (unpaired) electrons. The van der Waals surface area contributed by atoms with Crippen LogP contribution in [0.15, 0.2) is 42.0 Å². The van der Waals surface area contributed by atoms with Crippen LogP contribution in [-0.4, -0.2) is 74.4 Å². The van der Waals surface area contributed by atoms with Crippen molar-refractivity contribution in [1.82, 2.24) is 4.90 Å². The van der Waals surface area contributed by atoms with Gasteiger partial charge in [0.2, 0.25) is 11.8 Å². The van der Waals surface area contributed by atoms with Crippen LogP contribution in [0.5, 0.6) is 5.75 Å². The molecule has 240 valence electrons. The van der Waals surface area contributed by atoms with E-state index in [4.69, 9.17) is 23.2 Å². The summed E-state index contributed by atoms with van der Waals surface area (Å²) in [7, 11) is 4.02. The zero-order valence-corrected chi connectivity index (χ0v) is 26.4. The van der Waals surface area contributed by atoms with Gasteiger partial charge in [0.25, 0.3) is 11.8 Å². The zero-order valence-electron chi connectivity index (χ0n) is 24.9. The van der Waals surface area contributed by atoms with Crippen molar-refractivity contribution in [3.8, 4) is 5.75 Å². The fourth-order valence-corrected chi connectivity index (χ4v) is 8.73. The van der Waals surface area contributed by atoms with Crippen LogP contribution in [0.3, 0.4) is 0 Å². The number of alkyl halides is 2.